The molecule has 0 saturated carbocycles. The maximum absolute atomic E-state index is 11.7. The Bertz CT molecular complexity index is 469. The first-order valence-corrected chi connectivity index (χ1v) is 4.98. The minimum atomic E-state index is -0.226. The number of hydrogen-bond acceptors (Lipinski definition) is 3. The Morgan fingerprint density at radius 1 is 1.40 bits per heavy atom. The van der Waals surface area contributed by atoms with Crippen LogP contribution in [0.15, 0.2) is 34.9 Å². The van der Waals surface area contributed by atoms with E-state index in [2.05, 4.69) is 36.7 Å². The number of halogens is 1. The van der Waals surface area contributed by atoms with Crippen molar-refractivity contribution in [3.63, 3.8) is 0 Å². The van der Waals surface area contributed by atoms with Gasteiger partial charge < -0.3 is 5.32 Å². The summed E-state index contributed by atoms with van der Waals surface area (Å²) in [6.07, 6.45) is 1.44. The van der Waals surface area contributed by atoms with Crippen LogP contribution in [0.5, 0.6) is 0 Å². The van der Waals surface area contributed by atoms with Gasteiger partial charge in [-0.2, -0.15) is 10.3 Å². The fourth-order valence-electron chi connectivity index (χ4n) is 1.09. The van der Waals surface area contributed by atoms with E-state index in [0.717, 1.165) is 4.47 Å². The van der Waals surface area contributed by atoms with Gasteiger partial charge in [0.2, 0.25) is 0 Å². The minimum Gasteiger partial charge on any atom is -0.304 e. The van der Waals surface area contributed by atoms with Crippen molar-refractivity contribution in [1.29, 1.82) is 0 Å². The molecule has 0 atom stereocenters. The number of carbonyl (C=O) groups is 1. The molecule has 0 unspecified atom stereocenters. The minimum absolute atomic E-state index is 0.226. The molecule has 15 heavy (non-hydrogen) atoms. The normalized spacial score (nSPS) is 9.93. The number of nitrogens with one attached hydrogen (secondary N) is 2. The van der Waals surface area contributed by atoms with Crippen LogP contribution in [0.3, 0.4) is 0 Å². The number of benzene rings is 1. The third-order valence-electron chi connectivity index (χ3n) is 1.78. The molecular weight excluding hydrogens is 260 g/mol. The molecular formula is C9H7BrN4O. The molecule has 1 amide bonds. The molecule has 0 radical (unpaired) electrons. The van der Waals surface area contributed by atoms with E-state index in [1.165, 1.54) is 6.20 Å². The standard InChI is InChI=1S/C9H7BrN4O/c10-7-4-2-1-3-6(7)9(15)12-8-5-11-14-13-8/h1-5H,(H2,11,12,13,14,15). The molecule has 2 N–H and O–H groups in total. The van der Waals surface area contributed by atoms with Crippen molar-refractivity contribution >= 4 is 27.7 Å². The van der Waals surface area contributed by atoms with Gasteiger partial charge in [0.15, 0.2) is 5.82 Å². The molecule has 1 aromatic heterocycles. The molecule has 0 fully saturated rings. The SMILES string of the molecule is O=C(Nc1cn[nH]n1)c1ccccc1Br. The summed E-state index contributed by atoms with van der Waals surface area (Å²) >= 11 is 3.30. The zero-order chi connectivity index (χ0) is 10.7. The molecule has 0 aliphatic carbocycles. The van der Waals surface area contributed by atoms with E-state index < -0.39 is 0 Å². The van der Waals surface area contributed by atoms with Crippen molar-refractivity contribution in [2.75, 3.05) is 5.32 Å². The van der Waals surface area contributed by atoms with Crippen LogP contribution < -0.4 is 5.32 Å². The van der Waals surface area contributed by atoms with Gasteiger partial charge in [0.05, 0.1) is 11.8 Å². The molecule has 0 aliphatic rings. The van der Waals surface area contributed by atoms with Gasteiger partial charge in [-0.3, -0.25) is 4.79 Å². The largest absolute Gasteiger partial charge is 0.304 e. The number of anilines is 1. The van der Waals surface area contributed by atoms with Gasteiger partial charge in [-0.05, 0) is 28.1 Å². The number of nitrogens with zero attached hydrogens (tertiary/aromatic N) is 2. The lowest BCUT2D eigenvalue weighted by Gasteiger charge is -2.02. The fraction of sp³-hybridized carbons (Fsp3) is 0. The number of hydrogen-bond donors (Lipinski definition) is 2. The lowest BCUT2D eigenvalue weighted by Crippen LogP contribution is -2.12. The summed E-state index contributed by atoms with van der Waals surface area (Å²) in [6.45, 7) is 0. The number of H-pyrrole nitrogens is 1. The molecule has 0 spiro atoms. The Hall–Kier alpha value is -1.69. The third-order valence-corrected chi connectivity index (χ3v) is 2.47. The zero-order valence-corrected chi connectivity index (χ0v) is 9.15. The first-order chi connectivity index (χ1) is 7.27. The first-order valence-electron chi connectivity index (χ1n) is 4.19. The van der Waals surface area contributed by atoms with E-state index in [9.17, 15) is 4.79 Å². The predicted octanol–water partition coefficient (Wildman–Crippen LogP) is 1.82. The summed E-state index contributed by atoms with van der Waals surface area (Å²) in [5, 5.41) is 12.3. The van der Waals surface area contributed by atoms with E-state index in [1.54, 1.807) is 18.2 Å². The second-order valence-corrected chi connectivity index (χ2v) is 3.64. The second kappa shape index (κ2) is 4.22. The van der Waals surface area contributed by atoms with Crippen LogP contribution in [0.25, 0.3) is 0 Å². The quantitative estimate of drug-likeness (QED) is 0.871. The Balaban J connectivity index is 2.19. The molecule has 76 valence electrons. The van der Waals surface area contributed by atoms with Gasteiger partial charge in [-0.25, -0.2) is 0 Å². The van der Waals surface area contributed by atoms with E-state index in [4.69, 9.17) is 0 Å². The van der Waals surface area contributed by atoms with Crippen molar-refractivity contribution in [2.24, 2.45) is 0 Å². The Labute approximate surface area is 94.0 Å². The molecule has 0 aliphatic heterocycles. The van der Waals surface area contributed by atoms with E-state index in [1.807, 2.05) is 6.07 Å². The second-order valence-electron chi connectivity index (χ2n) is 2.79. The van der Waals surface area contributed by atoms with Gasteiger partial charge in [0.1, 0.15) is 0 Å². The maximum Gasteiger partial charge on any atom is 0.258 e. The molecule has 1 heterocycles. The highest BCUT2D eigenvalue weighted by Gasteiger charge is 2.09. The van der Waals surface area contributed by atoms with Crippen LogP contribution >= 0.6 is 15.9 Å². The average molecular weight is 267 g/mol. The fourth-order valence-corrected chi connectivity index (χ4v) is 1.56. The highest BCUT2D eigenvalue weighted by Crippen LogP contribution is 2.16. The maximum atomic E-state index is 11.7. The van der Waals surface area contributed by atoms with Crippen molar-refractivity contribution < 1.29 is 4.79 Å². The van der Waals surface area contributed by atoms with Crippen LogP contribution in [-0.4, -0.2) is 21.3 Å². The topological polar surface area (TPSA) is 70.7 Å². The van der Waals surface area contributed by atoms with E-state index in [-0.39, 0.29) is 5.91 Å². The highest BCUT2D eigenvalue weighted by molar-refractivity contribution is 9.10. The molecule has 2 aromatic rings. The van der Waals surface area contributed by atoms with Gasteiger partial charge in [-0.15, -0.1) is 5.10 Å². The summed E-state index contributed by atoms with van der Waals surface area (Å²) < 4.78 is 0.742. The predicted molar refractivity (Wildman–Crippen MR) is 58.5 cm³/mol. The van der Waals surface area contributed by atoms with Crippen LogP contribution in [0, 0.1) is 0 Å². The lowest BCUT2D eigenvalue weighted by atomic mass is 10.2. The van der Waals surface area contributed by atoms with Gasteiger partial charge in [0.25, 0.3) is 5.91 Å². The Morgan fingerprint density at radius 3 is 2.87 bits per heavy atom. The first kappa shape index (κ1) is 9.85. The summed E-state index contributed by atoms with van der Waals surface area (Å²) in [5.41, 5.74) is 0.556. The van der Waals surface area contributed by atoms with Crippen LogP contribution in [0.2, 0.25) is 0 Å². The molecule has 6 heteroatoms. The van der Waals surface area contributed by atoms with Gasteiger partial charge >= 0.3 is 0 Å². The van der Waals surface area contributed by atoms with Gasteiger partial charge in [-0.1, -0.05) is 12.1 Å². The monoisotopic (exact) mass is 266 g/mol. The summed E-state index contributed by atoms with van der Waals surface area (Å²) in [5.74, 6) is 0.173. The van der Waals surface area contributed by atoms with Crippen molar-refractivity contribution in [3.8, 4) is 0 Å². The van der Waals surface area contributed by atoms with Gasteiger partial charge in [0, 0.05) is 4.47 Å². The molecule has 0 saturated heterocycles. The number of aromatic nitrogens is 3. The lowest BCUT2D eigenvalue weighted by molar-refractivity contribution is 0.102. The van der Waals surface area contributed by atoms with Crippen LogP contribution in [-0.2, 0) is 0 Å². The van der Waals surface area contributed by atoms with E-state index >= 15 is 0 Å². The van der Waals surface area contributed by atoms with Crippen LogP contribution in [0.4, 0.5) is 5.82 Å². The summed E-state index contributed by atoms with van der Waals surface area (Å²) in [4.78, 5) is 11.7. The van der Waals surface area contributed by atoms with Crippen molar-refractivity contribution in [1.82, 2.24) is 15.4 Å². The third kappa shape index (κ3) is 2.21. The number of amides is 1. The van der Waals surface area contributed by atoms with Crippen molar-refractivity contribution in [2.45, 2.75) is 0 Å². The Morgan fingerprint density at radius 2 is 2.20 bits per heavy atom. The zero-order valence-electron chi connectivity index (χ0n) is 7.57. The van der Waals surface area contributed by atoms with Crippen molar-refractivity contribution in [3.05, 3.63) is 40.5 Å². The molecule has 5 nitrogen and oxygen atoms in total. The Kier molecular flexibility index (Phi) is 2.77. The van der Waals surface area contributed by atoms with E-state index in [0.29, 0.717) is 11.4 Å². The molecule has 1 aromatic carbocycles. The number of carbonyl (C=O) groups excluding carboxylic acids is 1. The number of rotatable bonds is 2. The average Bonchev–Trinajstić information content (AvgIpc) is 2.71. The van der Waals surface area contributed by atoms with Crippen LogP contribution in [0.1, 0.15) is 10.4 Å². The highest BCUT2D eigenvalue weighted by atomic mass is 79.9. The number of aromatic amines is 1. The smallest absolute Gasteiger partial charge is 0.258 e. The molecule has 0 bridgehead atoms. The summed E-state index contributed by atoms with van der Waals surface area (Å²) in [7, 11) is 0. The molecule has 2 rings (SSSR count). The summed E-state index contributed by atoms with van der Waals surface area (Å²) in [6, 6.07) is 7.16.